The summed E-state index contributed by atoms with van der Waals surface area (Å²) in [5, 5.41) is 17.3. The van der Waals surface area contributed by atoms with E-state index in [1.165, 1.54) is 0 Å². The fourth-order valence-corrected chi connectivity index (χ4v) is 0.544. The first-order valence-corrected chi connectivity index (χ1v) is 5.45. The van der Waals surface area contributed by atoms with Crippen LogP contribution in [0.15, 0.2) is 12.7 Å². The smallest absolute Gasteiger partial charge is 0.394 e. The lowest BCUT2D eigenvalue weighted by atomic mass is 10.3. The van der Waals surface area contributed by atoms with E-state index >= 15 is 0 Å². The molecule has 5 nitrogen and oxygen atoms in total. The highest BCUT2D eigenvalue weighted by atomic mass is 31.2. The summed E-state index contributed by atoms with van der Waals surface area (Å²) < 4.78 is 33.6. The second kappa shape index (κ2) is 10.2. The average molecular weight is 248 g/mol. The summed E-state index contributed by atoms with van der Waals surface area (Å²) in [4.78, 5) is 6.74. The van der Waals surface area contributed by atoms with Crippen molar-refractivity contribution in [2.75, 3.05) is 19.8 Å². The van der Waals surface area contributed by atoms with Crippen LogP contribution in [-0.2, 0) is 9.30 Å². The number of ether oxygens (including phenoxy) is 1. The highest BCUT2D eigenvalue weighted by molar-refractivity contribution is 7.46. The van der Waals surface area contributed by atoms with Crippen LogP contribution >= 0.6 is 7.99 Å². The van der Waals surface area contributed by atoms with Gasteiger partial charge in [-0.3, -0.25) is 4.89 Å². The monoisotopic (exact) mass is 248 g/mol. The maximum Gasteiger partial charge on any atom is 0.549 e. The van der Waals surface area contributed by atoms with E-state index in [2.05, 4.69) is 6.58 Å². The molecule has 0 bridgehead atoms. The van der Waals surface area contributed by atoms with Crippen molar-refractivity contribution in [2.45, 2.75) is 12.5 Å². The Morgan fingerprint density at radius 3 is 2.33 bits per heavy atom. The van der Waals surface area contributed by atoms with Crippen LogP contribution in [0.4, 0.5) is 8.39 Å². The Labute approximate surface area is 86.7 Å². The van der Waals surface area contributed by atoms with Gasteiger partial charge in [0.15, 0.2) is 0 Å². The Balaban J connectivity index is 0. The molecule has 8 heteroatoms. The van der Waals surface area contributed by atoms with Gasteiger partial charge in [0, 0.05) is 0 Å². The molecule has 1 atom stereocenters. The summed E-state index contributed by atoms with van der Waals surface area (Å²) in [6.45, 7) is 4.02. The number of aliphatic hydroxyl groups is 2. The van der Waals surface area contributed by atoms with Gasteiger partial charge < -0.3 is 14.9 Å². The van der Waals surface area contributed by atoms with Gasteiger partial charge >= 0.3 is 7.99 Å². The highest BCUT2D eigenvalue weighted by Crippen LogP contribution is 2.43. The summed E-state index contributed by atoms with van der Waals surface area (Å²) in [5.41, 5.74) is 0. The van der Waals surface area contributed by atoms with E-state index in [4.69, 9.17) is 24.4 Å². The molecular formula is C7H15F2O5P. The Morgan fingerprint density at radius 2 is 2.00 bits per heavy atom. The van der Waals surface area contributed by atoms with E-state index in [1.807, 2.05) is 0 Å². The second-order valence-corrected chi connectivity index (χ2v) is 3.28. The van der Waals surface area contributed by atoms with E-state index in [9.17, 15) is 8.39 Å². The lowest BCUT2D eigenvalue weighted by Crippen LogP contribution is -2.15. The van der Waals surface area contributed by atoms with Crippen LogP contribution in [0.3, 0.4) is 0 Å². The molecule has 15 heavy (non-hydrogen) atoms. The fraction of sp³-hybridized carbons (Fsp3) is 0.714. The number of halogens is 2. The number of hydrogen-bond acceptors (Lipinski definition) is 4. The SMILES string of the molecule is C=CCC(O)COCCO.O=P(O)(F)F. The van der Waals surface area contributed by atoms with Crippen LogP contribution in [0.2, 0.25) is 0 Å². The van der Waals surface area contributed by atoms with Crippen LogP contribution in [0.25, 0.3) is 0 Å². The van der Waals surface area contributed by atoms with Crippen LogP contribution < -0.4 is 0 Å². The van der Waals surface area contributed by atoms with Gasteiger partial charge in [-0.2, -0.15) is 0 Å². The van der Waals surface area contributed by atoms with Gasteiger partial charge in [0.05, 0.1) is 25.9 Å². The number of hydrogen-bond donors (Lipinski definition) is 3. The van der Waals surface area contributed by atoms with Crippen LogP contribution in [0, 0.1) is 0 Å². The molecule has 0 aromatic heterocycles. The molecule has 0 spiro atoms. The minimum atomic E-state index is -5.64. The standard InChI is InChI=1S/C7H14O3.F2HO2P/c1-2-3-7(9)6-10-5-4-8;1-5(2,3)4/h2,7-9H,1,3-6H2;(H,3,4). The lowest BCUT2D eigenvalue weighted by molar-refractivity contribution is 0.0229. The maximum absolute atomic E-state index is 10.1. The topological polar surface area (TPSA) is 87.0 Å². The van der Waals surface area contributed by atoms with E-state index in [0.717, 1.165) is 0 Å². The van der Waals surface area contributed by atoms with Gasteiger partial charge in [0.2, 0.25) is 0 Å². The predicted octanol–water partition coefficient (Wildman–Crippen LogP) is 0.958. The van der Waals surface area contributed by atoms with Gasteiger partial charge in [-0.15, -0.1) is 15.0 Å². The zero-order valence-electron chi connectivity index (χ0n) is 8.05. The van der Waals surface area contributed by atoms with Gasteiger partial charge in [-0.25, -0.2) is 4.57 Å². The zero-order valence-corrected chi connectivity index (χ0v) is 8.95. The van der Waals surface area contributed by atoms with Gasteiger partial charge in [-0.1, -0.05) is 6.08 Å². The molecule has 0 heterocycles. The van der Waals surface area contributed by atoms with Gasteiger partial charge in [0.25, 0.3) is 0 Å². The second-order valence-electron chi connectivity index (χ2n) is 2.41. The molecule has 0 aromatic rings. The first-order valence-electron chi connectivity index (χ1n) is 4.01. The third-order valence-corrected chi connectivity index (χ3v) is 0.985. The summed E-state index contributed by atoms with van der Waals surface area (Å²) in [6.07, 6.45) is 1.68. The summed E-state index contributed by atoms with van der Waals surface area (Å²) in [5.74, 6) is 0. The van der Waals surface area contributed by atoms with Crippen molar-refractivity contribution in [1.29, 1.82) is 0 Å². The van der Waals surface area contributed by atoms with Crippen LogP contribution in [0.5, 0.6) is 0 Å². The van der Waals surface area contributed by atoms with Crippen LogP contribution in [-0.4, -0.2) is 41.0 Å². The van der Waals surface area contributed by atoms with Crippen LogP contribution in [0.1, 0.15) is 6.42 Å². The Hall–Kier alpha value is -0.330. The number of rotatable bonds is 6. The molecule has 0 saturated carbocycles. The summed E-state index contributed by atoms with van der Waals surface area (Å²) in [7, 11) is -5.64. The summed E-state index contributed by atoms with van der Waals surface area (Å²) >= 11 is 0. The quantitative estimate of drug-likeness (QED) is 0.370. The minimum absolute atomic E-state index is 0.000803. The van der Waals surface area contributed by atoms with Crippen molar-refractivity contribution in [3.63, 3.8) is 0 Å². The molecule has 0 fully saturated rings. The van der Waals surface area contributed by atoms with Crippen molar-refractivity contribution in [3.05, 3.63) is 12.7 Å². The Kier molecular flexibility index (Phi) is 11.6. The molecule has 0 amide bonds. The lowest BCUT2D eigenvalue weighted by Gasteiger charge is -2.06. The molecule has 1 unspecified atom stereocenters. The largest absolute Gasteiger partial charge is 0.549 e. The molecule has 3 N–H and O–H groups in total. The Bertz CT molecular complexity index is 188. The molecule has 0 aliphatic rings. The highest BCUT2D eigenvalue weighted by Gasteiger charge is 2.09. The molecule has 0 aliphatic heterocycles. The molecule has 0 aromatic carbocycles. The maximum atomic E-state index is 10.1. The van der Waals surface area contributed by atoms with Crippen molar-refractivity contribution in [2.24, 2.45) is 0 Å². The molecule has 0 radical (unpaired) electrons. The van der Waals surface area contributed by atoms with E-state index in [0.29, 0.717) is 6.42 Å². The zero-order chi connectivity index (χ0) is 12.3. The van der Waals surface area contributed by atoms with Crippen molar-refractivity contribution >= 4 is 7.99 Å². The number of aliphatic hydroxyl groups excluding tert-OH is 2. The third kappa shape index (κ3) is 31.6. The average Bonchev–Trinajstić information content (AvgIpc) is 2.02. The third-order valence-electron chi connectivity index (χ3n) is 0.985. The van der Waals surface area contributed by atoms with E-state index < -0.39 is 14.1 Å². The van der Waals surface area contributed by atoms with Crippen molar-refractivity contribution < 1.29 is 32.8 Å². The molecule has 0 rings (SSSR count). The fourth-order valence-electron chi connectivity index (χ4n) is 0.544. The summed E-state index contributed by atoms with van der Waals surface area (Å²) in [6, 6.07) is 0. The van der Waals surface area contributed by atoms with E-state index in [1.54, 1.807) is 6.08 Å². The normalized spacial score (nSPS) is 12.6. The molecule has 0 saturated heterocycles. The molecular weight excluding hydrogens is 233 g/mol. The first-order chi connectivity index (χ1) is 6.81. The predicted molar refractivity (Wildman–Crippen MR) is 50.8 cm³/mol. The van der Waals surface area contributed by atoms with Gasteiger partial charge in [0.1, 0.15) is 0 Å². The Morgan fingerprint density at radius 1 is 1.53 bits per heavy atom. The molecule has 92 valence electrons. The van der Waals surface area contributed by atoms with Crippen molar-refractivity contribution in [1.82, 2.24) is 0 Å². The van der Waals surface area contributed by atoms with Gasteiger partial charge in [-0.05, 0) is 6.42 Å². The first kappa shape index (κ1) is 17.1. The minimum Gasteiger partial charge on any atom is -0.394 e. The van der Waals surface area contributed by atoms with E-state index in [-0.39, 0.29) is 19.8 Å². The van der Waals surface area contributed by atoms with Crippen molar-refractivity contribution in [3.8, 4) is 0 Å². The molecule has 0 aliphatic carbocycles.